The predicted octanol–water partition coefficient (Wildman–Crippen LogP) is 2.25. The molecule has 0 aliphatic heterocycles. The van der Waals surface area contributed by atoms with Gasteiger partial charge in [-0.05, 0) is 30.4 Å². The highest BCUT2D eigenvalue weighted by atomic mass is 16.3. The molecule has 76 valence electrons. The van der Waals surface area contributed by atoms with Crippen molar-refractivity contribution in [2.24, 2.45) is 5.73 Å². The zero-order valence-corrected chi connectivity index (χ0v) is 8.96. The van der Waals surface area contributed by atoms with E-state index in [2.05, 4.69) is 19.9 Å². The number of rotatable bonds is 1. The van der Waals surface area contributed by atoms with Crippen LogP contribution in [-0.2, 0) is 12.0 Å². The van der Waals surface area contributed by atoms with E-state index < -0.39 is 0 Å². The van der Waals surface area contributed by atoms with Crippen molar-refractivity contribution in [2.45, 2.75) is 38.6 Å². The smallest absolute Gasteiger partial charge is 0.124 e. The summed E-state index contributed by atoms with van der Waals surface area (Å²) in [6.07, 6.45) is 0.869. The van der Waals surface area contributed by atoms with Crippen LogP contribution in [0.15, 0.2) is 12.1 Å². The van der Waals surface area contributed by atoms with Crippen LogP contribution >= 0.6 is 0 Å². The van der Waals surface area contributed by atoms with Crippen molar-refractivity contribution in [3.05, 3.63) is 28.8 Å². The molecule has 2 nitrogen and oxygen atoms in total. The van der Waals surface area contributed by atoms with Crippen LogP contribution in [0.3, 0.4) is 0 Å². The van der Waals surface area contributed by atoms with Gasteiger partial charge in [0.2, 0.25) is 0 Å². The number of benzene rings is 1. The van der Waals surface area contributed by atoms with Gasteiger partial charge in [-0.25, -0.2) is 0 Å². The van der Waals surface area contributed by atoms with Gasteiger partial charge in [0.25, 0.3) is 0 Å². The first-order chi connectivity index (χ1) is 6.43. The highest BCUT2D eigenvalue weighted by Gasteiger charge is 2.38. The van der Waals surface area contributed by atoms with Crippen LogP contribution in [0.1, 0.15) is 43.4 Å². The molecule has 1 aliphatic rings. The number of hydrogen-bond donors (Lipinski definition) is 2. The van der Waals surface area contributed by atoms with Crippen LogP contribution in [0.5, 0.6) is 5.75 Å². The van der Waals surface area contributed by atoms with Gasteiger partial charge >= 0.3 is 0 Å². The standard InChI is InChI=1S/C12H17NO/c1-7(2)9-5-4-8-6-12(3,13)10(8)11(9)14/h4-5,7,14H,6,13H2,1-3H3. The molecule has 0 saturated carbocycles. The summed E-state index contributed by atoms with van der Waals surface area (Å²) in [6.45, 7) is 6.13. The highest BCUT2D eigenvalue weighted by molar-refractivity contribution is 5.56. The Balaban J connectivity index is 2.57. The van der Waals surface area contributed by atoms with E-state index in [1.165, 1.54) is 5.56 Å². The minimum atomic E-state index is -0.329. The Morgan fingerprint density at radius 2 is 2.07 bits per heavy atom. The molecule has 1 aromatic rings. The molecule has 1 atom stereocenters. The second-order valence-electron chi connectivity index (χ2n) is 4.79. The molecule has 0 saturated heterocycles. The first kappa shape index (κ1) is 9.53. The molecule has 0 radical (unpaired) electrons. The number of aromatic hydroxyl groups is 1. The molecule has 14 heavy (non-hydrogen) atoms. The average molecular weight is 191 g/mol. The molecule has 1 aliphatic carbocycles. The van der Waals surface area contributed by atoms with E-state index in [-0.39, 0.29) is 5.54 Å². The number of phenols is 1. The van der Waals surface area contributed by atoms with Crippen LogP contribution in [0.4, 0.5) is 0 Å². The summed E-state index contributed by atoms with van der Waals surface area (Å²) in [7, 11) is 0. The van der Waals surface area contributed by atoms with Crippen LogP contribution in [0, 0.1) is 0 Å². The SMILES string of the molecule is CC(C)c1ccc2c(c1O)C(C)(N)C2. The summed E-state index contributed by atoms with van der Waals surface area (Å²) in [5.41, 5.74) is 8.85. The Morgan fingerprint density at radius 1 is 1.43 bits per heavy atom. The third-order valence-electron chi connectivity index (χ3n) is 3.05. The monoisotopic (exact) mass is 191 g/mol. The van der Waals surface area contributed by atoms with Gasteiger partial charge in [0.05, 0.1) is 0 Å². The quantitative estimate of drug-likeness (QED) is 0.715. The molecule has 0 aromatic heterocycles. The summed E-state index contributed by atoms with van der Waals surface area (Å²) in [4.78, 5) is 0. The van der Waals surface area contributed by atoms with Crippen molar-refractivity contribution in [3.8, 4) is 5.75 Å². The number of nitrogens with two attached hydrogens (primary N) is 1. The summed E-state index contributed by atoms with van der Waals surface area (Å²) in [6, 6.07) is 4.09. The normalized spacial score (nSPS) is 24.6. The van der Waals surface area contributed by atoms with E-state index in [9.17, 15) is 5.11 Å². The second kappa shape index (κ2) is 2.74. The molecule has 0 fully saturated rings. The fraction of sp³-hybridized carbons (Fsp3) is 0.500. The van der Waals surface area contributed by atoms with E-state index in [0.717, 1.165) is 17.5 Å². The van der Waals surface area contributed by atoms with E-state index in [1.807, 2.05) is 13.0 Å². The largest absolute Gasteiger partial charge is 0.507 e. The van der Waals surface area contributed by atoms with Crippen molar-refractivity contribution in [2.75, 3.05) is 0 Å². The van der Waals surface area contributed by atoms with Gasteiger partial charge in [-0.15, -0.1) is 0 Å². The van der Waals surface area contributed by atoms with Gasteiger partial charge in [0.1, 0.15) is 5.75 Å². The summed E-state index contributed by atoms with van der Waals surface area (Å²) in [5, 5.41) is 10.1. The molecule has 0 bridgehead atoms. The first-order valence-electron chi connectivity index (χ1n) is 5.07. The molecule has 0 spiro atoms. The van der Waals surface area contributed by atoms with Crippen molar-refractivity contribution in [1.82, 2.24) is 0 Å². The van der Waals surface area contributed by atoms with Crippen molar-refractivity contribution in [3.63, 3.8) is 0 Å². The summed E-state index contributed by atoms with van der Waals surface area (Å²) >= 11 is 0. The molecule has 0 amide bonds. The van der Waals surface area contributed by atoms with Crippen LogP contribution in [-0.4, -0.2) is 5.11 Å². The molecule has 1 aromatic carbocycles. The zero-order valence-electron chi connectivity index (χ0n) is 8.96. The van der Waals surface area contributed by atoms with Crippen LogP contribution in [0.25, 0.3) is 0 Å². The van der Waals surface area contributed by atoms with E-state index >= 15 is 0 Å². The van der Waals surface area contributed by atoms with E-state index in [4.69, 9.17) is 5.73 Å². The predicted molar refractivity (Wildman–Crippen MR) is 57.4 cm³/mol. The third kappa shape index (κ3) is 1.14. The van der Waals surface area contributed by atoms with E-state index in [0.29, 0.717) is 11.7 Å². The lowest BCUT2D eigenvalue weighted by atomic mass is 9.71. The average Bonchev–Trinajstić information content (AvgIpc) is 2.00. The Kier molecular flexibility index (Phi) is 1.86. The lowest BCUT2D eigenvalue weighted by Gasteiger charge is -2.39. The van der Waals surface area contributed by atoms with Crippen molar-refractivity contribution in [1.29, 1.82) is 0 Å². The molecule has 1 unspecified atom stereocenters. The van der Waals surface area contributed by atoms with Gasteiger partial charge in [-0.3, -0.25) is 0 Å². The van der Waals surface area contributed by atoms with Gasteiger partial charge in [0.15, 0.2) is 0 Å². The molecular formula is C12H17NO. The van der Waals surface area contributed by atoms with Crippen molar-refractivity contribution < 1.29 is 5.11 Å². The first-order valence-corrected chi connectivity index (χ1v) is 5.07. The Morgan fingerprint density at radius 3 is 2.57 bits per heavy atom. The van der Waals surface area contributed by atoms with Gasteiger partial charge in [0, 0.05) is 11.1 Å². The van der Waals surface area contributed by atoms with Gasteiger partial charge in [-0.2, -0.15) is 0 Å². The van der Waals surface area contributed by atoms with Crippen LogP contribution in [0.2, 0.25) is 0 Å². The Hall–Kier alpha value is -1.02. The molecular weight excluding hydrogens is 174 g/mol. The van der Waals surface area contributed by atoms with Gasteiger partial charge in [-0.1, -0.05) is 26.0 Å². The van der Waals surface area contributed by atoms with Gasteiger partial charge < -0.3 is 10.8 Å². The zero-order chi connectivity index (χ0) is 10.5. The number of hydrogen-bond acceptors (Lipinski definition) is 2. The maximum atomic E-state index is 10.1. The lowest BCUT2D eigenvalue weighted by molar-refractivity contribution is 0.376. The lowest BCUT2D eigenvalue weighted by Crippen LogP contribution is -2.44. The fourth-order valence-electron chi connectivity index (χ4n) is 2.28. The third-order valence-corrected chi connectivity index (χ3v) is 3.05. The second-order valence-corrected chi connectivity index (χ2v) is 4.79. The minimum Gasteiger partial charge on any atom is -0.507 e. The number of fused-ring (bicyclic) bond motifs is 1. The maximum Gasteiger partial charge on any atom is 0.124 e. The summed E-state index contributed by atoms with van der Waals surface area (Å²) in [5.74, 6) is 0.755. The Labute approximate surface area is 84.7 Å². The number of phenolic OH excluding ortho intramolecular Hbond substituents is 1. The van der Waals surface area contributed by atoms with E-state index in [1.54, 1.807) is 0 Å². The molecule has 2 heteroatoms. The summed E-state index contributed by atoms with van der Waals surface area (Å²) < 4.78 is 0. The fourth-order valence-corrected chi connectivity index (χ4v) is 2.28. The molecule has 2 rings (SSSR count). The maximum absolute atomic E-state index is 10.1. The highest BCUT2D eigenvalue weighted by Crippen LogP contribution is 2.45. The molecule has 0 heterocycles. The van der Waals surface area contributed by atoms with Crippen molar-refractivity contribution >= 4 is 0 Å². The minimum absolute atomic E-state index is 0.329. The topological polar surface area (TPSA) is 46.2 Å². The Bertz CT molecular complexity index is 380. The molecule has 3 N–H and O–H groups in total. The van der Waals surface area contributed by atoms with Crippen LogP contribution < -0.4 is 5.73 Å².